The topological polar surface area (TPSA) is 18.5 Å². The highest BCUT2D eigenvalue weighted by Gasteiger charge is 2.31. The van der Waals surface area contributed by atoms with Crippen molar-refractivity contribution < 1.29 is 0 Å². The summed E-state index contributed by atoms with van der Waals surface area (Å²) in [6.07, 6.45) is 1.18. The van der Waals surface area contributed by atoms with Crippen molar-refractivity contribution >= 4 is 21.6 Å². The summed E-state index contributed by atoms with van der Waals surface area (Å²) >= 11 is 3.76. The molecule has 118 valence electrons. The molecular formula is C17H28BrN3. The van der Waals surface area contributed by atoms with Gasteiger partial charge in [-0.2, -0.15) is 0 Å². The fourth-order valence-corrected chi connectivity index (χ4v) is 3.45. The van der Waals surface area contributed by atoms with Gasteiger partial charge in [-0.15, -0.1) is 0 Å². The van der Waals surface area contributed by atoms with Gasteiger partial charge in [0.05, 0.1) is 5.69 Å². The van der Waals surface area contributed by atoms with E-state index in [0.29, 0.717) is 0 Å². The predicted octanol–water partition coefficient (Wildman–Crippen LogP) is 3.48. The van der Waals surface area contributed by atoms with Crippen LogP contribution in [0.2, 0.25) is 0 Å². The summed E-state index contributed by atoms with van der Waals surface area (Å²) in [5, 5.41) is 3.46. The SMILES string of the molecule is CCCNCc1ccc(N2CCN(C)C(C)(C)C2)c(Br)c1. The van der Waals surface area contributed by atoms with Gasteiger partial charge in [-0.05, 0) is 67.5 Å². The molecule has 1 heterocycles. The molecule has 0 atom stereocenters. The summed E-state index contributed by atoms with van der Waals surface area (Å²) < 4.78 is 1.21. The van der Waals surface area contributed by atoms with Gasteiger partial charge in [0.15, 0.2) is 0 Å². The predicted molar refractivity (Wildman–Crippen MR) is 95.1 cm³/mol. The van der Waals surface area contributed by atoms with E-state index >= 15 is 0 Å². The van der Waals surface area contributed by atoms with E-state index < -0.39 is 0 Å². The van der Waals surface area contributed by atoms with Crippen molar-refractivity contribution in [3.8, 4) is 0 Å². The van der Waals surface area contributed by atoms with Crippen LogP contribution in [0.5, 0.6) is 0 Å². The Morgan fingerprint density at radius 3 is 2.67 bits per heavy atom. The zero-order valence-corrected chi connectivity index (χ0v) is 15.3. The van der Waals surface area contributed by atoms with Crippen molar-refractivity contribution in [1.82, 2.24) is 10.2 Å². The van der Waals surface area contributed by atoms with Gasteiger partial charge in [0.25, 0.3) is 0 Å². The maximum absolute atomic E-state index is 3.76. The monoisotopic (exact) mass is 353 g/mol. The molecule has 0 aliphatic carbocycles. The number of hydrogen-bond donors (Lipinski definition) is 1. The van der Waals surface area contributed by atoms with Gasteiger partial charge in [-0.1, -0.05) is 13.0 Å². The molecule has 1 saturated heterocycles. The third-order valence-electron chi connectivity index (χ3n) is 4.43. The molecule has 0 unspecified atom stereocenters. The van der Waals surface area contributed by atoms with E-state index in [-0.39, 0.29) is 5.54 Å². The molecule has 0 radical (unpaired) electrons. The molecule has 4 heteroatoms. The number of halogens is 1. The molecule has 0 bridgehead atoms. The highest BCUT2D eigenvalue weighted by molar-refractivity contribution is 9.10. The Hall–Kier alpha value is -0.580. The van der Waals surface area contributed by atoms with Crippen LogP contribution in [0.1, 0.15) is 32.8 Å². The Balaban J connectivity index is 2.07. The third kappa shape index (κ3) is 4.21. The van der Waals surface area contributed by atoms with Gasteiger partial charge >= 0.3 is 0 Å². The Bertz CT molecular complexity index is 473. The number of hydrogen-bond acceptors (Lipinski definition) is 3. The summed E-state index contributed by atoms with van der Waals surface area (Å²) in [6, 6.07) is 6.76. The minimum atomic E-state index is 0.221. The van der Waals surface area contributed by atoms with Crippen molar-refractivity contribution in [2.24, 2.45) is 0 Å². The lowest BCUT2D eigenvalue weighted by atomic mass is 9.99. The van der Waals surface area contributed by atoms with Crippen LogP contribution in [0.4, 0.5) is 5.69 Å². The van der Waals surface area contributed by atoms with E-state index in [4.69, 9.17) is 0 Å². The molecule has 1 aromatic carbocycles. The van der Waals surface area contributed by atoms with Crippen LogP contribution < -0.4 is 10.2 Å². The van der Waals surface area contributed by atoms with E-state index in [1.807, 2.05) is 0 Å². The molecule has 0 amide bonds. The van der Waals surface area contributed by atoms with Gasteiger partial charge in [-0.25, -0.2) is 0 Å². The summed E-state index contributed by atoms with van der Waals surface area (Å²) in [7, 11) is 2.22. The van der Waals surface area contributed by atoms with Crippen molar-refractivity contribution in [3.63, 3.8) is 0 Å². The first kappa shape index (κ1) is 16.8. The summed E-state index contributed by atoms with van der Waals surface area (Å²) in [6.45, 7) is 12.1. The molecule has 0 spiro atoms. The average molecular weight is 354 g/mol. The largest absolute Gasteiger partial charge is 0.368 e. The Morgan fingerprint density at radius 2 is 2.05 bits per heavy atom. The molecule has 1 aliphatic heterocycles. The molecule has 1 aliphatic rings. The minimum absolute atomic E-state index is 0.221. The third-order valence-corrected chi connectivity index (χ3v) is 5.06. The highest BCUT2D eigenvalue weighted by Crippen LogP contribution is 2.31. The smallest absolute Gasteiger partial charge is 0.0511 e. The van der Waals surface area contributed by atoms with E-state index in [1.54, 1.807) is 0 Å². The Kier molecular flexibility index (Phi) is 5.69. The van der Waals surface area contributed by atoms with Gasteiger partial charge < -0.3 is 10.2 Å². The number of nitrogens with zero attached hydrogens (tertiary/aromatic N) is 2. The lowest BCUT2D eigenvalue weighted by Crippen LogP contribution is -2.57. The molecule has 0 aromatic heterocycles. The second kappa shape index (κ2) is 7.12. The van der Waals surface area contributed by atoms with Crippen molar-refractivity contribution in [2.45, 2.75) is 39.3 Å². The number of benzene rings is 1. The zero-order valence-electron chi connectivity index (χ0n) is 13.7. The molecule has 2 rings (SSSR count). The first-order chi connectivity index (χ1) is 9.94. The van der Waals surface area contributed by atoms with Crippen LogP contribution in [0.25, 0.3) is 0 Å². The van der Waals surface area contributed by atoms with Crippen LogP contribution >= 0.6 is 15.9 Å². The van der Waals surface area contributed by atoms with Gasteiger partial charge in [0.1, 0.15) is 0 Å². The highest BCUT2D eigenvalue weighted by atomic mass is 79.9. The van der Waals surface area contributed by atoms with Crippen LogP contribution in [0, 0.1) is 0 Å². The summed E-state index contributed by atoms with van der Waals surface area (Å²) in [5.74, 6) is 0. The van der Waals surface area contributed by atoms with Crippen molar-refractivity contribution in [2.75, 3.05) is 38.1 Å². The fourth-order valence-electron chi connectivity index (χ4n) is 2.77. The minimum Gasteiger partial charge on any atom is -0.368 e. The van der Waals surface area contributed by atoms with E-state index in [0.717, 1.165) is 32.7 Å². The second-order valence-electron chi connectivity index (χ2n) is 6.62. The number of nitrogens with one attached hydrogen (secondary N) is 1. The quantitative estimate of drug-likeness (QED) is 0.817. The molecule has 1 N–H and O–H groups in total. The standard InChI is InChI=1S/C17H28BrN3/c1-5-8-19-12-14-6-7-16(15(18)11-14)21-10-9-20(4)17(2,3)13-21/h6-7,11,19H,5,8-10,12-13H2,1-4H3. The van der Waals surface area contributed by atoms with Gasteiger partial charge in [-0.3, -0.25) is 4.90 Å². The fraction of sp³-hybridized carbons (Fsp3) is 0.647. The number of likely N-dealkylation sites (N-methyl/N-ethyl adjacent to an activating group) is 1. The van der Waals surface area contributed by atoms with Gasteiger partial charge in [0, 0.05) is 36.2 Å². The summed E-state index contributed by atoms with van der Waals surface area (Å²) in [4.78, 5) is 4.94. The van der Waals surface area contributed by atoms with Crippen LogP contribution in [-0.2, 0) is 6.54 Å². The lowest BCUT2D eigenvalue weighted by molar-refractivity contribution is 0.139. The molecular weight excluding hydrogens is 326 g/mol. The van der Waals surface area contributed by atoms with E-state index in [9.17, 15) is 0 Å². The number of piperazine rings is 1. The molecule has 3 nitrogen and oxygen atoms in total. The van der Waals surface area contributed by atoms with Crippen LogP contribution in [0.15, 0.2) is 22.7 Å². The molecule has 1 fully saturated rings. The maximum Gasteiger partial charge on any atom is 0.0511 e. The molecule has 21 heavy (non-hydrogen) atoms. The summed E-state index contributed by atoms with van der Waals surface area (Å²) in [5.41, 5.74) is 2.88. The first-order valence-corrected chi connectivity index (χ1v) is 8.68. The maximum atomic E-state index is 3.76. The molecule has 0 saturated carbocycles. The number of rotatable bonds is 5. The number of anilines is 1. The van der Waals surface area contributed by atoms with E-state index in [2.05, 4.69) is 77.1 Å². The van der Waals surface area contributed by atoms with Crippen LogP contribution in [0.3, 0.4) is 0 Å². The second-order valence-corrected chi connectivity index (χ2v) is 7.47. The van der Waals surface area contributed by atoms with E-state index in [1.165, 1.54) is 22.1 Å². The van der Waals surface area contributed by atoms with Crippen molar-refractivity contribution in [1.29, 1.82) is 0 Å². The normalized spacial score (nSPS) is 19.0. The Morgan fingerprint density at radius 1 is 1.29 bits per heavy atom. The molecule has 1 aromatic rings. The van der Waals surface area contributed by atoms with Crippen molar-refractivity contribution in [3.05, 3.63) is 28.2 Å². The first-order valence-electron chi connectivity index (χ1n) is 7.89. The van der Waals surface area contributed by atoms with Gasteiger partial charge in [0.2, 0.25) is 0 Å². The zero-order chi connectivity index (χ0) is 15.5. The Labute approximate surface area is 137 Å². The van der Waals surface area contributed by atoms with Crippen LogP contribution in [-0.4, -0.2) is 43.7 Å². The lowest BCUT2D eigenvalue weighted by Gasteiger charge is -2.46. The average Bonchev–Trinajstić information content (AvgIpc) is 2.42.